The first kappa shape index (κ1) is 15.0. The second kappa shape index (κ2) is 8.21. The first-order valence-corrected chi connectivity index (χ1v) is 4.84. The average molecular weight is 248 g/mol. The van der Waals surface area contributed by atoms with E-state index in [2.05, 4.69) is 5.32 Å². The summed E-state index contributed by atoms with van der Waals surface area (Å²) >= 11 is 0. The van der Waals surface area contributed by atoms with Crippen molar-refractivity contribution in [1.82, 2.24) is 5.32 Å². The second-order valence-corrected chi connectivity index (χ2v) is 3.09. The molecule has 2 N–H and O–H groups in total. The van der Waals surface area contributed by atoms with E-state index in [9.17, 15) is 0 Å². The van der Waals surface area contributed by atoms with Gasteiger partial charge in [-0.05, 0) is 17.7 Å². The van der Waals surface area contributed by atoms with Gasteiger partial charge in [0, 0.05) is 13.1 Å². The molecule has 0 amide bonds. The Morgan fingerprint density at radius 1 is 1.19 bits per heavy atom. The summed E-state index contributed by atoms with van der Waals surface area (Å²) in [6.07, 6.45) is 0. The summed E-state index contributed by atoms with van der Waals surface area (Å²) in [6.45, 7) is 1.45. The summed E-state index contributed by atoms with van der Waals surface area (Å²) in [7, 11) is 3.23. The number of benzene rings is 1. The van der Waals surface area contributed by atoms with E-state index in [1.54, 1.807) is 14.2 Å². The molecule has 0 aromatic heterocycles. The number of hydrogen-bond donors (Lipinski definition) is 2. The number of aliphatic hydroxyl groups is 1. The third-order valence-electron chi connectivity index (χ3n) is 2.07. The molecule has 0 aliphatic heterocycles. The quantitative estimate of drug-likeness (QED) is 0.742. The largest absolute Gasteiger partial charge is 0.493 e. The predicted octanol–water partition coefficient (Wildman–Crippen LogP) is 1.21. The van der Waals surface area contributed by atoms with Gasteiger partial charge in [-0.3, -0.25) is 0 Å². The average Bonchev–Trinajstić information content (AvgIpc) is 2.29. The van der Waals surface area contributed by atoms with Gasteiger partial charge in [0.15, 0.2) is 11.5 Å². The van der Waals surface area contributed by atoms with Crippen molar-refractivity contribution >= 4 is 12.4 Å². The highest BCUT2D eigenvalue weighted by atomic mass is 35.5. The summed E-state index contributed by atoms with van der Waals surface area (Å²) < 4.78 is 10.3. The van der Waals surface area contributed by atoms with Crippen LogP contribution >= 0.6 is 12.4 Å². The molecule has 92 valence electrons. The number of aliphatic hydroxyl groups excluding tert-OH is 1. The van der Waals surface area contributed by atoms with Gasteiger partial charge in [-0.2, -0.15) is 0 Å². The molecule has 0 unspecified atom stereocenters. The van der Waals surface area contributed by atoms with Crippen LogP contribution in [-0.4, -0.2) is 32.5 Å². The molecule has 0 bridgehead atoms. The summed E-state index contributed by atoms with van der Waals surface area (Å²) in [4.78, 5) is 0. The van der Waals surface area contributed by atoms with Crippen LogP contribution in [-0.2, 0) is 6.54 Å². The van der Waals surface area contributed by atoms with E-state index in [4.69, 9.17) is 14.6 Å². The Bertz CT molecular complexity index is 307. The van der Waals surface area contributed by atoms with Crippen molar-refractivity contribution < 1.29 is 14.6 Å². The lowest BCUT2D eigenvalue weighted by Gasteiger charge is -2.09. The van der Waals surface area contributed by atoms with Gasteiger partial charge < -0.3 is 19.9 Å². The van der Waals surface area contributed by atoms with Crippen LogP contribution < -0.4 is 14.8 Å². The molecule has 0 spiro atoms. The second-order valence-electron chi connectivity index (χ2n) is 3.09. The fourth-order valence-electron chi connectivity index (χ4n) is 1.30. The van der Waals surface area contributed by atoms with Crippen molar-refractivity contribution in [3.8, 4) is 11.5 Å². The van der Waals surface area contributed by atoms with E-state index in [1.807, 2.05) is 18.2 Å². The molecule has 4 nitrogen and oxygen atoms in total. The zero-order valence-electron chi connectivity index (χ0n) is 9.53. The van der Waals surface area contributed by atoms with Crippen molar-refractivity contribution in [1.29, 1.82) is 0 Å². The summed E-state index contributed by atoms with van der Waals surface area (Å²) in [5, 5.41) is 11.7. The van der Waals surface area contributed by atoms with Crippen molar-refractivity contribution in [2.24, 2.45) is 0 Å². The molecule has 0 aliphatic rings. The molecule has 0 saturated carbocycles. The molecule has 0 aliphatic carbocycles. The number of methoxy groups -OCH3 is 2. The third-order valence-corrected chi connectivity index (χ3v) is 2.07. The van der Waals surface area contributed by atoms with E-state index < -0.39 is 0 Å². The van der Waals surface area contributed by atoms with Gasteiger partial charge in [-0.15, -0.1) is 12.4 Å². The maximum absolute atomic E-state index is 8.62. The van der Waals surface area contributed by atoms with Gasteiger partial charge in [0.05, 0.1) is 20.8 Å². The van der Waals surface area contributed by atoms with Crippen molar-refractivity contribution in [3.63, 3.8) is 0 Å². The Morgan fingerprint density at radius 2 is 1.88 bits per heavy atom. The summed E-state index contributed by atoms with van der Waals surface area (Å²) in [6, 6.07) is 5.75. The lowest BCUT2D eigenvalue weighted by molar-refractivity contribution is 0.292. The molecular weight excluding hydrogens is 230 g/mol. The SMILES string of the molecule is COc1ccc(CNCCO)cc1OC.Cl. The third kappa shape index (κ3) is 4.26. The molecule has 5 heteroatoms. The molecule has 0 saturated heterocycles. The molecule has 0 fully saturated rings. The molecule has 16 heavy (non-hydrogen) atoms. The first-order chi connectivity index (χ1) is 7.31. The minimum Gasteiger partial charge on any atom is -0.493 e. The van der Waals surface area contributed by atoms with Gasteiger partial charge in [0.2, 0.25) is 0 Å². The van der Waals surface area contributed by atoms with Crippen LogP contribution in [0.25, 0.3) is 0 Å². The smallest absolute Gasteiger partial charge is 0.161 e. The Labute approximate surface area is 102 Å². The van der Waals surface area contributed by atoms with Crippen molar-refractivity contribution in [2.45, 2.75) is 6.54 Å². The van der Waals surface area contributed by atoms with Gasteiger partial charge in [-0.25, -0.2) is 0 Å². The Hall–Kier alpha value is -0.970. The normalized spacial score (nSPS) is 9.44. The number of hydrogen-bond acceptors (Lipinski definition) is 4. The van der Waals surface area contributed by atoms with Gasteiger partial charge in [-0.1, -0.05) is 6.07 Å². The van der Waals surface area contributed by atoms with Crippen LogP contribution in [0.4, 0.5) is 0 Å². The zero-order valence-corrected chi connectivity index (χ0v) is 10.3. The molecule has 1 aromatic rings. The lowest BCUT2D eigenvalue weighted by atomic mass is 10.2. The van der Waals surface area contributed by atoms with Crippen LogP contribution in [0, 0.1) is 0 Å². The van der Waals surface area contributed by atoms with Crippen LogP contribution in [0.1, 0.15) is 5.56 Å². The highest BCUT2D eigenvalue weighted by Crippen LogP contribution is 2.27. The highest BCUT2D eigenvalue weighted by Gasteiger charge is 2.03. The number of nitrogens with one attached hydrogen (secondary N) is 1. The maximum Gasteiger partial charge on any atom is 0.161 e. The monoisotopic (exact) mass is 247 g/mol. The molecule has 0 atom stereocenters. The van der Waals surface area contributed by atoms with Gasteiger partial charge in [0.1, 0.15) is 0 Å². The summed E-state index contributed by atoms with van der Waals surface area (Å²) in [5.41, 5.74) is 1.10. The molecular formula is C11H18ClNO3. The van der Waals surface area contributed by atoms with E-state index in [0.29, 0.717) is 13.1 Å². The summed E-state index contributed by atoms with van der Waals surface area (Å²) in [5.74, 6) is 1.45. The Balaban J connectivity index is 0.00000225. The van der Waals surface area contributed by atoms with Crippen molar-refractivity contribution in [3.05, 3.63) is 23.8 Å². The molecule has 0 heterocycles. The minimum atomic E-state index is 0. The van der Waals surface area contributed by atoms with Crippen LogP contribution in [0.15, 0.2) is 18.2 Å². The molecule has 1 aromatic carbocycles. The van der Waals surface area contributed by atoms with Crippen LogP contribution in [0.5, 0.6) is 11.5 Å². The molecule has 1 rings (SSSR count). The standard InChI is InChI=1S/C11H17NO3.ClH/c1-14-10-4-3-9(7-11(10)15-2)8-12-5-6-13;/h3-4,7,12-13H,5-6,8H2,1-2H3;1H. The minimum absolute atomic E-state index is 0. The topological polar surface area (TPSA) is 50.7 Å². The number of ether oxygens (including phenoxy) is 2. The van der Waals surface area contributed by atoms with Crippen LogP contribution in [0.2, 0.25) is 0 Å². The first-order valence-electron chi connectivity index (χ1n) is 4.84. The fraction of sp³-hybridized carbons (Fsp3) is 0.455. The van der Waals surface area contributed by atoms with E-state index >= 15 is 0 Å². The zero-order chi connectivity index (χ0) is 11.1. The molecule has 0 radical (unpaired) electrons. The predicted molar refractivity (Wildman–Crippen MR) is 65.6 cm³/mol. The maximum atomic E-state index is 8.62. The Kier molecular flexibility index (Phi) is 7.72. The van der Waals surface area contributed by atoms with E-state index in [0.717, 1.165) is 17.1 Å². The van der Waals surface area contributed by atoms with Gasteiger partial charge >= 0.3 is 0 Å². The fourth-order valence-corrected chi connectivity index (χ4v) is 1.30. The van der Waals surface area contributed by atoms with E-state index in [1.165, 1.54) is 0 Å². The Morgan fingerprint density at radius 3 is 2.44 bits per heavy atom. The highest BCUT2D eigenvalue weighted by molar-refractivity contribution is 5.85. The lowest BCUT2D eigenvalue weighted by Crippen LogP contribution is -2.17. The number of rotatable bonds is 6. The van der Waals surface area contributed by atoms with Gasteiger partial charge in [0.25, 0.3) is 0 Å². The number of halogens is 1. The van der Waals surface area contributed by atoms with Crippen LogP contribution in [0.3, 0.4) is 0 Å². The van der Waals surface area contributed by atoms with Crippen molar-refractivity contribution in [2.75, 3.05) is 27.4 Å². The van der Waals surface area contributed by atoms with E-state index in [-0.39, 0.29) is 19.0 Å².